The second kappa shape index (κ2) is 9.12. The molecule has 0 spiro atoms. The number of nitrogens with zero attached hydrogens (tertiary/aromatic N) is 2. The van der Waals surface area contributed by atoms with E-state index in [1.54, 1.807) is 23.5 Å². The van der Waals surface area contributed by atoms with Gasteiger partial charge >= 0.3 is 0 Å². The molecule has 1 saturated heterocycles. The Hall–Kier alpha value is -1.96. The number of rotatable bonds is 6. The molecule has 0 bridgehead atoms. The van der Waals surface area contributed by atoms with Gasteiger partial charge in [-0.3, -0.25) is 14.5 Å². The van der Waals surface area contributed by atoms with Crippen molar-refractivity contribution in [3.8, 4) is 0 Å². The second-order valence-electron chi connectivity index (χ2n) is 6.28. The number of nitrogens with one attached hydrogen (secondary N) is 2. The number of thiophene rings is 1. The molecule has 0 unspecified atom stereocenters. The average molecular weight is 393 g/mol. The van der Waals surface area contributed by atoms with Crippen LogP contribution in [-0.4, -0.2) is 41.3 Å². The van der Waals surface area contributed by atoms with Crippen LogP contribution < -0.4 is 10.6 Å². The molecule has 3 heterocycles. The Kier molecular flexibility index (Phi) is 6.60. The van der Waals surface area contributed by atoms with Gasteiger partial charge in [-0.05, 0) is 43.0 Å². The predicted molar refractivity (Wildman–Crippen MR) is 103 cm³/mol. The van der Waals surface area contributed by atoms with Gasteiger partial charge in [-0.1, -0.05) is 17.7 Å². The van der Waals surface area contributed by atoms with Crippen molar-refractivity contribution in [2.24, 2.45) is 5.92 Å². The minimum atomic E-state index is -0.147. The number of piperidine rings is 1. The predicted octanol–water partition coefficient (Wildman–Crippen LogP) is 2.76. The third-order valence-corrected chi connectivity index (χ3v) is 5.36. The fourth-order valence-electron chi connectivity index (χ4n) is 2.95. The normalized spacial score (nSPS) is 17.7. The highest BCUT2D eigenvalue weighted by Crippen LogP contribution is 2.18. The number of amides is 2. The lowest BCUT2D eigenvalue weighted by atomic mass is 9.97. The zero-order valence-corrected chi connectivity index (χ0v) is 15.9. The molecule has 2 N–H and O–H groups in total. The smallest absolute Gasteiger partial charge is 0.234 e. The van der Waals surface area contributed by atoms with Gasteiger partial charge in [0.15, 0.2) is 0 Å². The Bertz CT molecular complexity index is 736. The van der Waals surface area contributed by atoms with Crippen molar-refractivity contribution in [2.45, 2.75) is 19.4 Å². The number of hydrogen-bond donors (Lipinski definition) is 2. The highest BCUT2D eigenvalue weighted by atomic mass is 35.5. The highest BCUT2D eigenvalue weighted by molar-refractivity contribution is 7.09. The van der Waals surface area contributed by atoms with Gasteiger partial charge in [0.2, 0.25) is 11.8 Å². The Labute approximate surface area is 161 Å². The van der Waals surface area contributed by atoms with E-state index < -0.39 is 0 Å². The van der Waals surface area contributed by atoms with Crippen LogP contribution in [0.3, 0.4) is 0 Å². The molecule has 6 nitrogen and oxygen atoms in total. The van der Waals surface area contributed by atoms with Gasteiger partial charge in [0.05, 0.1) is 24.0 Å². The molecule has 138 valence electrons. The third-order valence-electron chi connectivity index (χ3n) is 4.26. The van der Waals surface area contributed by atoms with Crippen LogP contribution in [-0.2, 0) is 16.1 Å². The molecule has 1 aliphatic heterocycles. The van der Waals surface area contributed by atoms with E-state index in [1.807, 2.05) is 22.4 Å². The maximum absolute atomic E-state index is 12.5. The van der Waals surface area contributed by atoms with E-state index in [0.29, 0.717) is 30.5 Å². The van der Waals surface area contributed by atoms with Crippen molar-refractivity contribution in [3.05, 3.63) is 45.7 Å². The maximum Gasteiger partial charge on any atom is 0.234 e. The minimum Gasteiger partial charge on any atom is -0.350 e. The van der Waals surface area contributed by atoms with E-state index in [9.17, 15) is 9.59 Å². The van der Waals surface area contributed by atoms with Gasteiger partial charge in [0.25, 0.3) is 0 Å². The first kappa shape index (κ1) is 18.8. The van der Waals surface area contributed by atoms with Gasteiger partial charge in [-0.25, -0.2) is 4.98 Å². The number of pyridine rings is 1. The van der Waals surface area contributed by atoms with Gasteiger partial charge < -0.3 is 10.6 Å². The molecule has 8 heteroatoms. The van der Waals surface area contributed by atoms with Crippen molar-refractivity contribution in [2.75, 3.05) is 25.0 Å². The number of halogens is 1. The standard InChI is InChI=1S/C18H21ClN4O2S/c19-14-5-6-16(20-9-14)22-18(25)13-3-1-7-23(11-13)12-17(24)21-10-15-4-2-8-26-15/h2,4-6,8-9,13H,1,3,7,10-12H2,(H,21,24)(H,20,22,25)/t13-/m0/s1. The van der Waals surface area contributed by atoms with Gasteiger partial charge in [-0.15, -0.1) is 11.3 Å². The first-order valence-corrected chi connectivity index (χ1v) is 9.80. The molecule has 26 heavy (non-hydrogen) atoms. The number of aromatic nitrogens is 1. The summed E-state index contributed by atoms with van der Waals surface area (Å²) >= 11 is 7.43. The van der Waals surface area contributed by atoms with Crippen LogP contribution in [0.25, 0.3) is 0 Å². The average Bonchev–Trinajstić information content (AvgIpc) is 3.16. The molecule has 1 atom stereocenters. The molecule has 1 aliphatic rings. The lowest BCUT2D eigenvalue weighted by Gasteiger charge is -2.31. The highest BCUT2D eigenvalue weighted by Gasteiger charge is 2.27. The second-order valence-corrected chi connectivity index (χ2v) is 7.75. The number of carbonyl (C=O) groups is 2. The van der Waals surface area contributed by atoms with Crippen LogP contribution in [0.15, 0.2) is 35.8 Å². The number of hydrogen-bond acceptors (Lipinski definition) is 5. The molecule has 0 aromatic carbocycles. The summed E-state index contributed by atoms with van der Waals surface area (Å²) in [5.41, 5.74) is 0. The largest absolute Gasteiger partial charge is 0.350 e. The van der Waals surface area contributed by atoms with Gasteiger partial charge in [0.1, 0.15) is 5.82 Å². The van der Waals surface area contributed by atoms with Crippen molar-refractivity contribution in [1.82, 2.24) is 15.2 Å². The molecule has 0 radical (unpaired) electrons. The maximum atomic E-state index is 12.5. The van der Waals surface area contributed by atoms with Crippen molar-refractivity contribution >= 4 is 40.6 Å². The molecule has 2 aromatic rings. The van der Waals surface area contributed by atoms with Gasteiger partial charge in [-0.2, -0.15) is 0 Å². The quantitative estimate of drug-likeness (QED) is 0.792. The first-order chi connectivity index (χ1) is 12.6. The molecule has 2 amide bonds. The summed E-state index contributed by atoms with van der Waals surface area (Å²) in [4.78, 5) is 31.8. The topological polar surface area (TPSA) is 74.3 Å². The van der Waals surface area contributed by atoms with E-state index in [-0.39, 0.29) is 17.7 Å². The molecule has 0 saturated carbocycles. The van der Waals surface area contributed by atoms with Crippen LogP contribution in [0.2, 0.25) is 5.02 Å². The zero-order valence-electron chi connectivity index (χ0n) is 14.3. The number of anilines is 1. The summed E-state index contributed by atoms with van der Waals surface area (Å²) in [7, 11) is 0. The summed E-state index contributed by atoms with van der Waals surface area (Å²) in [6.07, 6.45) is 3.21. The van der Waals surface area contributed by atoms with Crippen molar-refractivity contribution in [3.63, 3.8) is 0 Å². The van der Waals surface area contributed by atoms with Crippen LogP contribution in [0.5, 0.6) is 0 Å². The number of likely N-dealkylation sites (tertiary alicyclic amines) is 1. The zero-order chi connectivity index (χ0) is 18.4. The molecular formula is C18H21ClN4O2S. The summed E-state index contributed by atoms with van der Waals surface area (Å²) in [5, 5.41) is 8.27. The molecule has 0 aliphatic carbocycles. The van der Waals surface area contributed by atoms with E-state index in [1.165, 1.54) is 6.20 Å². The van der Waals surface area contributed by atoms with Crippen LogP contribution >= 0.6 is 22.9 Å². The lowest BCUT2D eigenvalue weighted by molar-refractivity contribution is -0.125. The fourth-order valence-corrected chi connectivity index (χ4v) is 3.71. The van der Waals surface area contributed by atoms with Crippen LogP contribution in [0.1, 0.15) is 17.7 Å². The SMILES string of the molecule is O=C(CN1CCC[C@H](C(=O)Nc2ccc(Cl)cn2)C1)NCc1cccs1. The molecule has 1 fully saturated rings. The van der Waals surface area contributed by atoms with E-state index in [0.717, 1.165) is 24.3 Å². The monoisotopic (exact) mass is 392 g/mol. The fraction of sp³-hybridized carbons (Fsp3) is 0.389. The molecule has 3 rings (SSSR count). The van der Waals surface area contributed by atoms with E-state index in [4.69, 9.17) is 11.6 Å². The lowest BCUT2D eigenvalue weighted by Crippen LogP contribution is -2.45. The molecule has 2 aromatic heterocycles. The summed E-state index contributed by atoms with van der Waals surface area (Å²) in [6, 6.07) is 7.33. The Morgan fingerprint density at radius 2 is 2.23 bits per heavy atom. The van der Waals surface area contributed by atoms with E-state index in [2.05, 4.69) is 15.6 Å². The van der Waals surface area contributed by atoms with Gasteiger partial charge in [0, 0.05) is 17.6 Å². The Morgan fingerprint density at radius 1 is 1.35 bits per heavy atom. The van der Waals surface area contributed by atoms with Crippen molar-refractivity contribution < 1.29 is 9.59 Å². The molecular weight excluding hydrogens is 372 g/mol. The van der Waals surface area contributed by atoms with E-state index >= 15 is 0 Å². The van der Waals surface area contributed by atoms with Crippen LogP contribution in [0, 0.1) is 5.92 Å². The summed E-state index contributed by atoms with van der Waals surface area (Å²) in [5.74, 6) is 0.263. The summed E-state index contributed by atoms with van der Waals surface area (Å²) < 4.78 is 0. The minimum absolute atomic E-state index is 0.0150. The first-order valence-electron chi connectivity index (χ1n) is 8.54. The van der Waals surface area contributed by atoms with Crippen molar-refractivity contribution in [1.29, 1.82) is 0 Å². The third kappa shape index (κ3) is 5.52. The number of carbonyl (C=O) groups excluding carboxylic acids is 2. The van der Waals surface area contributed by atoms with Crippen LogP contribution in [0.4, 0.5) is 5.82 Å². The Balaban J connectivity index is 1.46. The summed E-state index contributed by atoms with van der Waals surface area (Å²) in [6.45, 7) is 2.27. The Morgan fingerprint density at radius 3 is 2.96 bits per heavy atom.